The Hall–Kier alpha value is -2.54. The Balaban J connectivity index is 1.71. The van der Waals surface area contributed by atoms with Crippen LogP contribution >= 0.6 is 15.9 Å². The van der Waals surface area contributed by atoms with E-state index in [0.29, 0.717) is 12.3 Å². The van der Waals surface area contributed by atoms with E-state index < -0.39 is 6.04 Å². The van der Waals surface area contributed by atoms with Crippen molar-refractivity contribution in [2.75, 3.05) is 13.7 Å². The average molecular weight is 503 g/mol. The van der Waals surface area contributed by atoms with Crippen molar-refractivity contribution in [3.63, 3.8) is 0 Å². The highest BCUT2D eigenvalue weighted by Gasteiger charge is 2.28. The molecule has 1 atom stereocenters. The minimum Gasteiger partial charge on any atom is -0.497 e. The Kier molecular flexibility index (Phi) is 8.56. The molecular weight excluding hydrogens is 472 g/mol. The highest BCUT2D eigenvalue weighted by atomic mass is 79.9. The van der Waals surface area contributed by atoms with Crippen molar-refractivity contribution in [3.8, 4) is 11.5 Å². The number of nitrogens with zero attached hydrogens (tertiary/aromatic N) is 1. The van der Waals surface area contributed by atoms with Gasteiger partial charge in [0.15, 0.2) is 6.61 Å². The Morgan fingerprint density at radius 1 is 1.12 bits per heavy atom. The van der Waals surface area contributed by atoms with Gasteiger partial charge in [0, 0.05) is 17.1 Å². The van der Waals surface area contributed by atoms with Gasteiger partial charge in [-0.15, -0.1) is 0 Å². The van der Waals surface area contributed by atoms with Crippen LogP contribution in [0.4, 0.5) is 0 Å². The lowest BCUT2D eigenvalue weighted by atomic mass is 10.1. The molecule has 3 rings (SSSR count). The van der Waals surface area contributed by atoms with Gasteiger partial charge in [-0.2, -0.15) is 0 Å². The van der Waals surface area contributed by atoms with Crippen LogP contribution in [0.2, 0.25) is 0 Å². The van der Waals surface area contributed by atoms with E-state index in [0.717, 1.165) is 47.0 Å². The summed E-state index contributed by atoms with van der Waals surface area (Å²) in [4.78, 5) is 27.7. The molecule has 0 aliphatic heterocycles. The number of hydrogen-bond donors (Lipinski definition) is 1. The second-order valence-corrected chi connectivity index (χ2v) is 9.09. The zero-order chi connectivity index (χ0) is 23.1. The molecule has 6 nitrogen and oxygen atoms in total. The zero-order valence-corrected chi connectivity index (χ0v) is 20.5. The fourth-order valence-corrected chi connectivity index (χ4v) is 4.08. The first-order valence-corrected chi connectivity index (χ1v) is 11.8. The van der Waals surface area contributed by atoms with Crippen LogP contribution in [0.25, 0.3) is 0 Å². The Labute approximate surface area is 198 Å². The molecule has 2 aromatic rings. The lowest BCUT2D eigenvalue weighted by Crippen LogP contribution is -2.50. The van der Waals surface area contributed by atoms with Crippen LogP contribution in [-0.2, 0) is 16.1 Å². The van der Waals surface area contributed by atoms with Gasteiger partial charge in [-0.05, 0) is 68.1 Å². The quantitative estimate of drug-likeness (QED) is 0.543. The number of ether oxygens (including phenoxy) is 2. The number of hydrogen-bond acceptors (Lipinski definition) is 4. The minimum atomic E-state index is -0.611. The summed E-state index contributed by atoms with van der Waals surface area (Å²) in [6.07, 6.45) is 4.26. The molecule has 0 heterocycles. The van der Waals surface area contributed by atoms with Gasteiger partial charge >= 0.3 is 0 Å². The van der Waals surface area contributed by atoms with Gasteiger partial charge in [0.1, 0.15) is 17.5 Å². The molecule has 2 amide bonds. The van der Waals surface area contributed by atoms with Crippen molar-refractivity contribution in [2.45, 2.75) is 58.2 Å². The SMILES string of the molecule is COc1ccc(CN(C(=O)COc2ccc(Br)c(C)c2)[C@H](C)C(=O)NC2CCCC2)cc1. The first-order valence-electron chi connectivity index (χ1n) is 11.0. The molecule has 1 aliphatic carbocycles. The fourth-order valence-electron chi connectivity index (χ4n) is 3.84. The van der Waals surface area contributed by atoms with E-state index >= 15 is 0 Å². The lowest BCUT2D eigenvalue weighted by molar-refractivity contribution is -0.142. The van der Waals surface area contributed by atoms with Gasteiger partial charge in [0.05, 0.1) is 7.11 Å². The summed E-state index contributed by atoms with van der Waals surface area (Å²) in [5, 5.41) is 3.11. The number of aryl methyl sites for hydroxylation is 1. The summed E-state index contributed by atoms with van der Waals surface area (Å²) in [6, 6.07) is 12.7. The van der Waals surface area contributed by atoms with Gasteiger partial charge in [0.2, 0.25) is 5.91 Å². The van der Waals surface area contributed by atoms with E-state index in [-0.39, 0.29) is 24.5 Å². The standard InChI is InChI=1S/C25H31BrN2O4/c1-17-14-22(12-13-23(17)26)32-16-24(29)28(15-19-8-10-21(31-3)11-9-19)18(2)25(30)27-20-6-4-5-7-20/h8-14,18,20H,4-7,15-16H2,1-3H3,(H,27,30)/t18-/m1/s1. The van der Waals surface area contributed by atoms with Crippen molar-refractivity contribution in [3.05, 3.63) is 58.1 Å². The van der Waals surface area contributed by atoms with E-state index in [1.54, 1.807) is 18.9 Å². The van der Waals surface area contributed by atoms with Crippen LogP contribution in [0, 0.1) is 6.92 Å². The maximum absolute atomic E-state index is 13.2. The molecule has 1 N–H and O–H groups in total. The third-order valence-corrected chi connectivity index (χ3v) is 6.76. The summed E-state index contributed by atoms with van der Waals surface area (Å²) < 4.78 is 12.0. The topological polar surface area (TPSA) is 67.9 Å². The molecule has 0 bridgehead atoms. The molecule has 0 aromatic heterocycles. The Morgan fingerprint density at radius 3 is 2.41 bits per heavy atom. The predicted molar refractivity (Wildman–Crippen MR) is 128 cm³/mol. The number of carbonyl (C=O) groups excluding carboxylic acids is 2. The minimum absolute atomic E-state index is 0.127. The van der Waals surface area contributed by atoms with E-state index in [9.17, 15) is 9.59 Å². The molecule has 1 saturated carbocycles. The normalized spacial score (nSPS) is 14.6. The van der Waals surface area contributed by atoms with Crippen LogP contribution in [0.3, 0.4) is 0 Å². The highest BCUT2D eigenvalue weighted by molar-refractivity contribution is 9.10. The van der Waals surface area contributed by atoms with E-state index in [1.165, 1.54) is 0 Å². The summed E-state index contributed by atoms with van der Waals surface area (Å²) in [6.45, 7) is 3.91. The number of rotatable bonds is 9. The maximum atomic E-state index is 13.2. The highest BCUT2D eigenvalue weighted by Crippen LogP contribution is 2.22. The number of methoxy groups -OCH3 is 1. The fraction of sp³-hybridized carbons (Fsp3) is 0.440. The van der Waals surface area contributed by atoms with Gasteiger partial charge < -0.3 is 19.7 Å². The largest absolute Gasteiger partial charge is 0.497 e. The lowest BCUT2D eigenvalue weighted by Gasteiger charge is -2.29. The van der Waals surface area contributed by atoms with Crippen LogP contribution < -0.4 is 14.8 Å². The number of nitrogens with one attached hydrogen (secondary N) is 1. The summed E-state index contributed by atoms with van der Waals surface area (Å²) in [5.41, 5.74) is 1.94. The van der Waals surface area contributed by atoms with Crippen molar-refractivity contribution in [1.82, 2.24) is 10.2 Å². The second-order valence-electron chi connectivity index (χ2n) is 8.24. The predicted octanol–water partition coefficient (Wildman–Crippen LogP) is 4.62. The van der Waals surface area contributed by atoms with Crippen LogP contribution in [0.15, 0.2) is 46.9 Å². The van der Waals surface area contributed by atoms with Crippen molar-refractivity contribution in [1.29, 1.82) is 0 Å². The van der Waals surface area contributed by atoms with Gasteiger partial charge in [-0.1, -0.05) is 40.9 Å². The molecular formula is C25H31BrN2O4. The third kappa shape index (κ3) is 6.48. The maximum Gasteiger partial charge on any atom is 0.261 e. The first kappa shape index (κ1) is 24.1. The summed E-state index contributed by atoms with van der Waals surface area (Å²) in [5.74, 6) is 0.993. The molecule has 0 radical (unpaired) electrons. The van der Waals surface area contributed by atoms with Gasteiger partial charge in [0.25, 0.3) is 5.91 Å². The molecule has 7 heteroatoms. The zero-order valence-electron chi connectivity index (χ0n) is 18.9. The monoisotopic (exact) mass is 502 g/mol. The molecule has 2 aromatic carbocycles. The smallest absolute Gasteiger partial charge is 0.261 e. The van der Waals surface area contributed by atoms with Gasteiger partial charge in [-0.3, -0.25) is 9.59 Å². The summed E-state index contributed by atoms with van der Waals surface area (Å²) in [7, 11) is 1.61. The molecule has 0 spiro atoms. The average Bonchev–Trinajstić information content (AvgIpc) is 3.31. The van der Waals surface area contributed by atoms with Crippen LogP contribution in [0.5, 0.6) is 11.5 Å². The Morgan fingerprint density at radius 2 is 1.78 bits per heavy atom. The Bertz CT molecular complexity index is 926. The first-order chi connectivity index (χ1) is 15.4. The van der Waals surface area contributed by atoms with E-state index in [4.69, 9.17) is 9.47 Å². The van der Waals surface area contributed by atoms with E-state index in [2.05, 4.69) is 21.2 Å². The third-order valence-electron chi connectivity index (χ3n) is 5.87. The number of carbonyl (C=O) groups is 2. The summed E-state index contributed by atoms with van der Waals surface area (Å²) >= 11 is 3.47. The van der Waals surface area contributed by atoms with E-state index in [1.807, 2.05) is 49.4 Å². The molecule has 0 unspecified atom stereocenters. The van der Waals surface area contributed by atoms with Crippen molar-refractivity contribution < 1.29 is 19.1 Å². The molecule has 32 heavy (non-hydrogen) atoms. The van der Waals surface area contributed by atoms with Crippen molar-refractivity contribution in [2.24, 2.45) is 0 Å². The van der Waals surface area contributed by atoms with Gasteiger partial charge in [-0.25, -0.2) is 0 Å². The van der Waals surface area contributed by atoms with Crippen LogP contribution in [0.1, 0.15) is 43.7 Å². The number of amides is 2. The molecule has 172 valence electrons. The molecule has 1 fully saturated rings. The molecule has 0 saturated heterocycles. The molecule has 1 aliphatic rings. The second kappa shape index (κ2) is 11.4. The van der Waals surface area contributed by atoms with Crippen LogP contribution in [-0.4, -0.2) is 42.5 Å². The van der Waals surface area contributed by atoms with Crippen molar-refractivity contribution >= 4 is 27.7 Å². The number of halogens is 1. The number of benzene rings is 2.